The lowest BCUT2D eigenvalue weighted by Gasteiger charge is -1.79. The Balaban J connectivity index is 3.79. The fourth-order valence-electron chi connectivity index (χ4n) is 0.387. The van der Waals surface area contributed by atoms with E-state index in [1.54, 1.807) is 19.5 Å². The van der Waals surface area contributed by atoms with E-state index >= 15 is 0 Å². The van der Waals surface area contributed by atoms with Gasteiger partial charge in [-0.2, -0.15) is 0 Å². The maximum absolute atomic E-state index is 3.78. The zero-order valence-electron chi connectivity index (χ0n) is 5.33. The van der Waals surface area contributed by atoms with Crippen molar-refractivity contribution in [2.45, 2.75) is 0 Å². The van der Waals surface area contributed by atoms with Crippen molar-refractivity contribution < 1.29 is 4.58 Å². The summed E-state index contributed by atoms with van der Waals surface area (Å²) in [6, 6.07) is 0. The van der Waals surface area contributed by atoms with E-state index in [1.165, 1.54) is 0 Å². The Morgan fingerprint density at radius 1 is 1.62 bits per heavy atom. The van der Waals surface area contributed by atoms with Crippen molar-refractivity contribution in [3.05, 3.63) is 12.7 Å². The number of allylic oxidation sites excluding steroid dienone is 1. The smallest absolute Gasteiger partial charge is 0.240 e. The minimum atomic E-state index is 1.71. The Hall–Kier alpha value is -0.920. The molecule has 0 N–H and O–H groups in total. The Labute approximate surface area is 49.9 Å². The van der Waals surface area contributed by atoms with Crippen molar-refractivity contribution in [2.24, 2.45) is 4.99 Å². The molecule has 0 aromatic rings. The van der Waals surface area contributed by atoms with Gasteiger partial charge in [0.25, 0.3) is 6.34 Å². The summed E-state index contributed by atoms with van der Waals surface area (Å²) in [6.07, 6.45) is 5.25. The second-order valence-electron chi connectivity index (χ2n) is 1.42. The zero-order valence-corrected chi connectivity index (χ0v) is 5.33. The molecule has 0 atom stereocenters. The van der Waals surface area contributed by atoms with Crippen LogP contribution in [0.25, 0.3) is 0 Å². The van der Waals surface area contributed by atoms with Gasteiger partial charge in [0.2, 0.25) is 0 Å². The molecular formula is C6H11N2+. The molecule has 0 aliphatic rings. The average Bonchev–Trinajstić information content (AvgIpc) is 1.68. The van der Waals surface area contributed by atoms with Crippen LogP contribution in [0.3, 0.4) is 0 Å². The lowest BCUT2D eigenvalue weighted by Crippen LogP contribution is -2.01. The van der Waals surface area contributed by atoms with E-state index in [1.807, 2.05) is 17.8 Å². The third kappa shape index (κ3) is 3.28. The van der Waals surface area contributed by atoms with Gasteiger partial charge in [0.1, 0.15) is 7.05 Å². The highest BCUT2D eigenvalue weighted by Gasteiger charge is 1.77. The van der Waals surface area contributed by atoms with E-state index < -0.39 is 0 Å². The number of hydrogen-bond donors (Lipinski definition) is 0. The third-order valence-electron chi connectivity index (χ3n) is 0.638. The topological polar surface area (TPSA) is 15.4 Å². The van der Waals surface area contributed by atoms with Crippen molar-refractivity contribution in [3.63, 3.8) is 0 Å². The van der Waals surface area contributed by atoms with E-state index in [-0.39, 0.29) is 0 Å². The molecule has 0 aliphatic heterocycles. The zero-order chi connectivity index (χ0) is 6.41. The highest BCUT2D eigenvalue weighted by molar-refractivity contribution is 5.69. The summed E-state index contributed by atoms with van der Waals surface area (Å²) in [5, 5.41) is 0. The van der Waals surface area contributed by atoms with Crippen LogP contribution in [0.5, 0.6) is 0 Å². The summed E-state index contributed by atoms with van der Waals surface area (Å²) in [4.78, 5) is 3.78. The summed E-state index contributed by atoms with van der Waals surface area (Å²) < 4.78 is 1.83. The second-order valence-corrected chi connectivity index (χ2v) is 1.42. The Morgan fingerprint density at radius 2 is 2.25 bits per heavy atom. The molecule has 0 rings (SSSR count). The highest BCUT2D eigenvalue weighted by Crippen LogP contribution is 1.58. The van der Waals surface area contributed by atoms with E-state index in [0.717, 1.165) is 0 Å². The molecule has 2 heteroatoms. The maximum atomic E-state index is 3.78. The van der Waals surface area contributed by atoms with Crippen molar-refractivity contribution >= 4 is 12.6 Å². The van der Waals surface area contributed by atoms with Crippen molar-refractivity contribution in [1.29, 1.82) is 0 Å². The van der Waals surface area contributed by atoms with E-state index in [0.29, 0.717) is 0 Å². The van der Waals surface area contributed by atoms with Gasteiger partial charge in [0.05, 0.1) is 13.3 Å². The van der Waals surface area contributed by atoms with Crippen molar-refractivity contribution in [1.82, 2.24) is 0 Å². The van der Waals surface area contributed by atoms with Gasteiger partial charge in [0.15, 0.2) is 0 Å². The van der Waals surface area contributed by atoms with Gasteiger partial charge in [0, 0.05) is 0 Å². The Kier molecular flexibility index (Phi) is 3.76. The molecule has 0 saturated carbocycles. The van der Waals surface area contributed by atoms with Crippen molar-refractivity contribution in [3.8, 4) is 0 Å². The minimum Gasteiger partial charge on any atom is -0.240 e. The molecular weight excluding hydrogens is 100 g/mol. The SMILES string of the molecule is C=CC=[N+](C)C=NC. The van der Waals surface area contributed by atoms with Crippen LogP contribution in [0.4, 0.5) is 0 Å². The fourth-order valence-corrected chi connectivity index (χ4v) is 0.387. The first kappa shape index (κ1) is 7.08. The molecule has 0 heterocycles. The number of aliphatic imine (C=N–C) groups is 1. The molecule has 8 heavy (non-hydrogen) atoms. The van der Waals surface area contributed by atoms with Gasteiger partial charge >= 0.3 is 0 Å². The summed E-state index contributed by atoms with van der Waals surface area (Å²) in [5.74, 6) is 0. The van der Waals surface area contributed by atoms with Crippen LogP contribution in [0.15, 0.2) is 17.6 Å². The molecule has 44 valence electrons. The first-order valence-corrected chi connectivity index (χ1v) is 2.41. The van der Waals surface area contributed by atoms with Gasteiger partial charge < -0.3 is 0 Å². The normalized spacial score (nSPS) is 12.5. The predicted molar refractivity (Wildman–Crippen MR) is 36.9 cm³/mol. The van der Waals surface area contributed by atoms with Crippen LogP contribution in [0.2, 0.25) is 0 Å². The number of nitrogens with zero attached hydrogens (tertiary/aromatic N) is 2. The van der Waals surface area contributed by atoms with Crippen LogP contribution in [-0.2, 0) is 0 Å². The molecule has 0 bridgehead atoms. The van der Waals surface area contributed by atoms with E-state index in [2.05, 4.69) is 11.6 Å². The Morgan fingerprint density at radius 3 is 2.62 bits per heavy atom. The summed E-state index contributed by atoms with van der Waals surface area (Å²) in [7, 11) is 3.63. The first-order valence-electron chi connectivity index (χ1n) is 2.41. The highest BCUT2D eigenvalue weighted by atomic mass is 15.0. The summed E-state index contributed by atoms with van der Waals surface area (Å²) in [6.45, 7) is 3.52. The monoisotopic (exact) mass is 111 g/mol. The lowest BCUT2D eigenvalue weighted by atomic mass is 10.7. The molecule has 0 fully saturated rings. The van der Waals surface area contributed by atoms with Gasteiger partial charge in [-0.1, -0.05) is 11.6 Å². The first-order chi connectivity index (χ1) is 3.81. The summed E-state index contributed by atoms with van der Waals surface area (Å²) in [5.41, 5.74) is 0. The second kappa shape index (κ2) is 4.24. The van der Waals surface area contributed by atoms with Crippen molar-refractivity contribution in [2.75, 3.05) is 14.1 Å². The van der Waals surface area contributed by atoms with Crippen LogP contribution >= 0.6 is 0 Å². The molecule has 0 aromatic heterocycles. The number of hydrogen-bond acceptors (Lipinski definition) is 1. The van der Waals surface area contributed by atoms with Crippen LogP contribution in [0.1, 0.15) is 0 Å². The quantitative estimate of drug-likeness (QED) is 0.281. The molecule has 0 amide bonds. The maximum Gasteiger partial charge on any atom is 0.279 e. The third-order valence-corrected chi connectivity index (χ3v) is 0.638. The molecule has 0 saturated heterocycles. The molecule has 0 aromatic carbocycles. The van der Waals surface area contributed by atoms with Crippen LogP contribution < -0.4 is 0 Å². The molecule has 2 nitrogen and oxygen atoms in total. The molecule has 0 radical (unpaired) electrons. The van der Waals surface area contributed by atoms with Crippen LogP contribution in [0, 0.1) is 0 Å². The summed E-state index contributed by atoms with van der Waals surface area (Å²) >= 11 is 0. The van der Waals surface area contributed by atoms with E-state index in [4.69, 9.17) is 0 Å². The average molecular weight is 111 g/mol. The molecule has 0 aliphatic carbocycles. The minimum absolute atomic E-state index is 1.71. The number of rotatable bonds is 2. The van der Waals surface area contributed by atoms with Gasteiger partial charge in [-0.05, 0) is 6.08 Å². The van der Waals surface area contributed by atoms with Gasteiger partial charge in [-0.25, -0.2) is 4.58 Å². The fraction of sp³-hybridized carbons (Fsp3) is 0.333. The molecule has 0 spiro atoms. The van der Waals surface area contributed by atoms with Gasteiger partial charge in [-0.3, -0.25) is 0 Å². The largest absolute Gasteiger partial charge is 0.279 e. The standard InChI is InChI=1S/C6H11N2/c1-4-5-8(3)6-7-2/h4-6H,1H2,2-3H3/q+1. The Bertz CT molecular complexity index is 122. The van der Waals surface area contributed by atoms with Gasteiger partial charge in [-0.15, -0.1) is 0 Å². The van der Waals surface area contributed by atoms with E-state index in [9.17, 15) is 0 Å². The van der Waals surface area contributed by atoms with Crippen LogP contribution in [-0.4, -0.2) is 31.2 Å². The lowest BCUT2D eigenvalue weighted by molar-refractivity contribution is -0.353. The predicted octanol–water partition coefficient (Wildman–Crippen LogP) is 0.544. The molecule has 0 unspecified atom stereocenters.